The van der Waals surface area contributed by atoms with Gasteiger partial charge in [-0.15, -0.1) is 0 Å². The van der Waals surface area contributed by atoms with Gasteiger partial charge in [0.2, 0.25) is 0 Å². The number of amides is 2. The van der Waals surface area contributed by atoms with Crippen LogP contribution >= 0.6 is 0 Å². The number of ether oxygens (including phenoxy) is 2. The van der Waals surface area contributed by atoms with Crippen LogP contribution in [-0.2, 0) is 16.1 Å². The fourth-order valence-electron chi connectivity index (χ4n) is 4.28. The number of aromatic nitrogens is 2. The molecule has 3 aromatic rings. The van der Waals surface area contributed by atoms with Crippen molar-refractivity contribution in [2.75, 3.05) is 37.7 Å². The van der Waals surface area contributed by atoms with Gasteiger partial charge in [-0.1, -0.05) is 30.3 Å². The summed E-state index contributed by atoms with van der Waals surface area (Å²) >= 11 is 0. The molecule has 1 saturated heterocycles. The lowest BCUT2D eigenvalue weighted by molar-refractivity contribution is -0.142. The van der Waals surface area contributed by atoms with Crippen LogP contribution in [0.5, 0.6) is 5.75 Å². The van der Waals surface area contributed by atoms with E-state index in [1.807, 2.05) is 6.07 Å². The Labute approximate surface area is 190 Å². The smallest absolute Gasteiger partial charge is 0.279 e. The maximum atomic E-state index is 13.8. The van der Waals surface area contributed by atoms with Gasteiger partial charge in [-0.05, 0) is 25.1 Å². The van der Waals surface area contributed by atoms with Crippen molar-refractivity contribution in [3.05, 3.63) is 64.6 Å². The lowest BCUT2D eigenvalue weighted by atomic mass is 10.1. The van der Waals surface area contributed by atoms with Crippen molar-refractivity contribution < 1.29 is 19.1 Å². The number of fused-ring (bicyclic) bond motifs is 2. The topological polar surface area (TPSA) is 94.0 Å². The summed E-state index contributed by atoms with van der Waals surface area (Å²) in [6, 6.07) is 14.1. The molecular formula is C24H24N4O5. The number of aryl methyl sites for hydroxylation is 1. The Morgan fingerprint density at radius 1 is 1.03 bits per heavy atom. The SMILES string of the molecule is CCn1nc(C(=O)N2C[C@@H](C(=O)N3CCOCC3)Oc3ccccc32)c2ccccc2c1=O. The fourth-order valence-corrected chi connectivity index (χ4v) is 4.28. The van der Waals surface area contributed by atoms with Crippen LogP contribution in [0.15, 0.2) is 53.3 Å². The minimum Gasteiger partial charge on any atom is -0.476 e. The van der Waals surface area contributed by atoms with Crippen molar-refractivity contribution in [2.24, 2.45) is 0 Å². The molecule has 0 bridgehead atoms. The molecule has 170 valence electrons. The highest BCUT2D eigenvalue weighted by molar-refractivity contribution is 6.13. The zero-order valence-electron chi connectivity index (χ0n) is 18.3. The number of rotatable bonds is 3. The highest BCUT2D eigenvalue weighted by Crippen LogP contribution is 2.35. The van der Waals surface area contributed by atoms with Crippen LogP contribution in [0.1, 0.15) is 17.4 Å². The zero-order chi connectivity index (χ0) is 22.9. The van der Waals surface area contributed by atoms with Crippen LogP contribution in [0.2, 0.25) is 0 Å². The van der Waals surface area contributed by atoms with Gasteiger partial charge in [-0.25, -0.2) is 4.68 Å². The quantitative estimate of drug-likeness (QED) is 0.605. The lowest BCUT2D eigenvalue weighted by Crippen LogP contribution is -2.54. The van der Waals surface area contributed by atoms with Crippen LogP contribution in [-0.4, -0.2) is 65.4 Å². The molecule has 2 amide bonds. The molecular weight excluding hydrogens is 424 g/mol. The van der Waals surface area contributed by atoms with Crippen LogP contribution in [0.3, 0.4) is 0 Å². The summed E-state index contributed by atoms with van der Waals surface area (Å²) < 4.78 is 12.7. The van der Waals surface area contributed by atoms with Crippen molar-refractivity contribution in [1.29, 1.82) is 0 Å². The number of para-hydroxylation sites is 2. The van der Waals surface area contributed by atoms with Gasteiger partial charge in [-0.3, -0.25) is 19.3 Å². The molecule has 1 atom stereocenters. The van der Waals surface area contributed by atoms with E-state index < -0.39 is 6.10 Å². The molecule has 3 heterocycles. The van der Waals surface area contributed by atoms with Crippen molar-refractivity contribution in [2.45, 2.75) is 19.6 Å². The fraction of sp³-hybridized carbons (Fsp3) is 0.333. The summed E-state index contributed by atoms with van der Waals surface area (Å²) in [5.74, 6) is -0.109. The second kappa shape index (κ2) is 8.67. The van der Waals surface area contributed by atoms with Crippen molar-refractivity contribution in [1.82, 2.24) is 14.7 Å². The van der Waals surface area contributed by atoms with Gasteiger partial charge in [0, 0.05) is 25.0 Å². The normalized spacial score (nSPS) is 18.0. The molecule has 2 aliphatic heterocycles. The average Bonchev–Trinajstić information content (AvgIpc) is 2.88. The summed E-state index contributed by atoms with van der Waals surface area (Å²) in [6.07, 6.45) is -0.842. The first-order valence-corrected chi connectivity index (χ1v) is 11.0. The van der Waals surface area contributed by atoms with Crippen LogP contribution in [0, 0.1) is 0 Å². The monoisotopic (exact) mass is 448 g/mol. The third-order valence-electron chi connectivity index (χ3n) is 5.99. The lowest BCUT2D eigenvalue weighted by Gasteiger charge is -2.37. The van der Waals surface area contributed by atoms with E-state index in [0.29, 0.717) is 55.1 Å². The first kappa shape index (κ1) is 21.1. The number of carbonyl (C=O) groups excluding carboxylic acids is 2. The van der Waals surface area contributed by atoms with Gasteiger partial charge in [0.15, 0.2) is 11.8 Å². The maximum absolute atomic E-state index is 13.8. The van der Waals surface area contributed by atoms with Gasteiger partial charge in [0.1, 0.15) is 5.75 Å². The highest BCUT2D eigenvalue weighted by Gasteiger charge is 2.37. The average molecular weight is 448 g/mol. The Morgan fingerprint density at radius 3 is 2.48 bits per heavy atom. The van der Waals surface area contributed by atoms with Gasteiger partial charge >= 0.3 is 0 Å². The summed E-state index contributed by atoms with van der Waals surface area (Å²) in [5.41, 5.74) is 0.488. The molecule has 33 heavy (non-hydrogen) atoms. The molecule has 1 fully saturated rings. The zero-order valence-corrected chi connectivity index (χ0v) is 18.3. The minimum atomic E-state index is -0.842. The summed E-state index contributed by atoms with van der Waals surface area (Å²) in [7, 11) is 0. The molecule has 0 unspecified atom stereocenters. The number of morpholine rings is 1. The highest BCUT2D eigenvalue weighted by atomic mass is 16.5. The Morgan fingerprint density at radius 2 is 1.73 bits per heavy atom. The van der Waals surface area contributed by atoms with Gasteiger partial charge in [0.05, 0.1) is 30.8 Å². The van der Waals surface area contributed by atoms with Crippen molar-refractivity contribution in [3.8, 4) is 5.75 Å². The Balaban J connectivity index is 1.56. The van der Waals surface area contributed by atoms with Crippen LogP contribution in [0.4, 0.5) is 5.69 Å². The number of carbonyl (C=O) groups is 2. The molecule has 5 rings (SSSR count). The molecule has 2 aromatic carbocycles. The largest absolute Gasteiger partial charge is 0.476 e. The van der Waals surface area contributed by atoms with E-state index in [1.165, 1.54) is 9.58 Å². The number of anilines is 1. The Kier molecular flexibility index (Phi) is 5.55. The molecule has 9 nitrogen and oxygen atoms in total. The van der Waals surface area contributed by atoms with E-state index in [4.69, 9.17) is 9.47 Å². The van der Waals surface area contributed by atoms with Gasteiger partial charge in [0.25, 0.3) is 17.4 Å². The van der Waals surface area contributed by atoms with E-state index in [-0.39, 0.29) is 29.6 Å². The van der Waals surface area contributed by atoms with Gasteiger partial charge in [-0.2, -0.15) is 5.10 Å². The molecule has 9 heteroatoms. The van der Waals surface area contributed by atoms with E-state index in [2.05, 4.69) is 5.10 Å². The molecule has 0 N–H and O–H groups in total. The van der Waals surface area contributed by atoms with E-state index >= 15 is 0 Å². The van der Waals surface area contributed by atoms with E-state index in [1.54, 1.807) is 54.3 Å². The van der Waals surface area contributed by atoms with Crippen LogP contribution < -0.4 is 15.2 Å². The summed E-state index contributed by atoms with van der Waals surface area (Å²) in [5, 5.41) is 5.30. The molecule has 0 spiro atoms. The second-order valence-electron chi connectivity index (χ2n) is 7.94. The van der Waals surface area contributed by atoms with Crippen LogP contribution in [0.25, 0.3) is 10.8 Å². The van der Waals surface area contributed by atoms with Crippen molar-refractivity contribution >= 4 is 28.3 Å². The molecule has 0 aliphatic carbocycles. The first-order valence-electron chi connectivity index (χ1n) is 11.0. The number of benzene rings is 2. The standard InChI is InChI=1S/C24H24N4O5/c1-2-28-22(29)17-8-4-3-7-16(17)21(25-28)24(31)27-15-20(23(30)26-11-13-32-14-12-26)33-19-10-6-5-9-18(19)27/h3-10,20H,2,11-15H2,1H3/t20-/m0/s1. The number of hydrogen-bond donors (Lipinski definition) is 0. The Bertz CT molecular complexity index is 1280. The minimum absolute atomic E-state index is 0.0489. The van der Waals surface area contributed by atoms with Gasteiger partial charge < -0.3 is 14.4 Å². The molecule has 1 aromatic heterocycles. The molecule has 2 aliphatic rings. The third-order valence-corrected chi connectivity index (χ3v) is 5.99. The van der Waals surface area contributed by atoms with E-state index in [9.17, 15) is 14.4 Å². The van der Waals surface area contributed by atoms with Crippen molar-refractivity contribution in [3.63, 3.8) is 0 Å². The first-order chi connectivity index (χ1) is 16.1. The number of hydrogen-bond acceptors (Lipinski definition) is 6. The summed E-state index contributed by atoms with van der Waals surface area (Å²) in [6.45, 7) is 4.12. The maximum Gasteiger partial charge on any atom is 0.279 e. The third kappa shape index (κ3) is 3.74. The Hall–Kier alpha value is -3.72. The molecule has 0 saturated carbocycles. The molecule has 0 radical (unpaired) electrons. The predicted octanol–water partition coefficient (Wildman–Crippen LogP) is 1.68. The number of nitrogens with zero attached hydrogens (tertiary/aromatic N) is 4. The van der Waals surface area contributed by atoms with E-state index in [0.717, 1.165) is 0 Å². The predicted molar refractivity (Wildman–Crippen MR) is 122 cm³/mol. The summed E-state index contributed by atoms with van der Waals surface area (Å²) in [4.78, 5) is 43.0. The second-order valence-corrected chi connectivity index (χ2v) is 7.94.